The molecule has 7 nitrogen and oxygen atoms in total. The van der Waals surface area contributed by atoms with E-state index in [1.165, 1.54) is 0 Å². The van der Waals surface area contributed by atoms with Crippen molar-refractivity contribution >= 4 is 21.7 Å². The molecule has 2 fully saturated rings. The Morgan fingerprint density at radius 2 is 1.75 bits per heavy atom. The molecule has 0 bridgehead atoms. The Morgan fingerprint density at radius 3 is 2.42 bits per heavy atom. The average Bonchev–Trinajstić information content (AvgIpc) is 3.08. The fourth-order valence-corrected chi connectivity index (χ4v) is 5.41. The van der Waals surface area contributed by atoms with Gasteiger partial charge in [0.05, 0.1) is 5.25 Å². The van der Waals surface area contributed by atoms with Crippen LogP contribution in [0.5, 0.6) is 0 Å². The van der Waals surface area contributed by atoms with Crippen LogP contribution in [-0.4, -0.2) is 61.8 Å². The van der Waals surface area contributed by atoms with E-state index in [2.05, 4.69) is 5.32 Å². The van der Waals surface area contributed by atoms with Crippen LogP contribution in [0.15, 0.2) is 0 Å². The number of nitrogens with one attached hydrogen (secondary N) is 1. The van der Waals surface area contributed by atoms with E-state index < -0.39 is 15.6 Å². The molecule has 24 heavy (non-hydrogen) atoms. The molecule has 0 aromatic heterocycles. The van der Waals surface area contributed by atoms with Crippen molar-refractivity contribution in [1.82, 2.24) is 10.2 Å². The SMILES string of the molecule is NCCC(=O)NCC1CCCCN1C(=O)CS(=O)(=O)C1CCCC1. The predicted molar refractivity (Wildman–Crippen MR) is 92.1 cm³/mol. The number of nitrogens with zero attached hydrogens (tertiary/aromatic N) is 1. The summed E-state index contributed by atoms with van der Waals surface area (Å²) in [7, 11) is -3.37. The summed E-state index contributed by atoms with van der Waals surface area (Å²) in [6.07, 6.45) is 6.12. The first kappa shape index (κ1) is 19.2. The first-order valence-electron chi connectivity index (χ1n) is 8.92. The fraction of sp³-hybridized carbons (Fsp3) is 0.875. The first-order valence-corrected chi connectivity index (χ1v) is 10.6. The number of likely N-dealkylation sites (tertiary alicyclic amines) is 1. The van der Waals surface area contributed by atoms with Crippen LogP contribution in [0.25, 0.3) is 0 Å². The quantitative estimate of drug-likeness (QED) is 0.674. The van der Waals surface area contributed by atoms with Gasteiger partial charge in [0.1, 0.15) is 5.75 Å². The third-order valence-corrected chi connectivity index (χ3v) is 7.12. The predicted octanol–water partition coefficient (Wildman–Crippen LogP) is 0.190. The Labute approximate surface area is 144 Å². The van der Waals surface area contributed by atoms with Crippen LogP contribution in [0.1, 0.15) is 51.4 Å². The Hall–Kier alpha value is -1.15. The monoisotopic (exact) mass is 359 g/mol. The van der Waals surface area contributed by atoms with Crippen molar-refractivity contribution in [2.24, 2.45) is 5.73 Å². The van der Waals surface area contributed by atoms with E-state index in [1.54, 1.807) is 4.90 Å². The highest BCUT2D eigenvalue weighted by atomic mass is 32.2. The molecular weight excluding hydrogens is 330 g/mol. The van der Waals surface area contributed by atoms with Gasteiger partial charge in [-0.1, -0.05) is 12.8 Å². The summed E-state index contributed by atoms with van der Waals surface area (Å²) < 4.78 is 24.8. The third-order valence-electron chi connectivity index (χ3n) is 4.99. The molecule has 3 N–H and O–H groups in total. The van der Waals surface area contributed by atoms with E-state index in [0.717, 1.165) is 32.1 Å². The fourth-order valence-electron chi connectivity index (χ4n) is 3.61. The van der Waals surface area contributed by atoms with Crippen molar-refractivity contribution in [3.63, 3.8) is 0 Å². The van der Waals surface area contributed by atoms with Gasteiger partial charge in [-0.15, -0.1) is 0 Å². The summed E-state index contributed by atoms with van der Waals surface area (Å²) in [5, 5.41) is 2.44. The lowest BCUT2D eigenvalue weighted by molar-refractivity contribution is -0.132. The molecule has 138 valence electrons. The number of piperidine rings is 1. The van der Waals surface area contributed by atoms with Crippen molar-refractivity contribution < 1.29 is 18.0 Å². The summed E-state index contributed by atoms with van der Waals surface area (Å²) >= 11 is 0. The maximum Gasteiger partial charge on any atom is 0.238 e. The number of hydrogen-bond donors (Lipinski definition) is 2. The lowest BCUT2D eigenvalue weighted by atomic mass is 10.0. The summed E-state index contributed by atoms with van der Waals surface area (Å²) in [5.74, 6) is -0.848. The molecule has 1 aliphatic carbocycles. The Morgan fingerprint density at radius 1 is 1.08 bits per heavy atom. The van der Waals surface area contributed by atoms with Gasteiger partial charge >= 0.3 is 0 Å². The van der Waals surface area contributed by atoms with Crippen LogP contribution in [0.3, 0.4) is 0 Å². The minimum absolute atomic E-state index is 0.119. The summed E-state index contributed by atoms with van der Waals surface area (Å²) in [6, 6.07) is -0.119. The normalized spacial score (nSPS) is 22.5. The Bertz CT molecular complexity index is 544. The molecule has 8 heteroatoms. The van der Waals surface area contributed by atoms with Crippen LogP contribution in [0.4, 0.5) is 0 Å². The van der Waals surface area contributed by atoms with Crippen LogP contribution in [0.2, 0.25) is 0 Å². The molecule has 0 aromatic rings. The third kappa shape index (κ3) is 5.17. The van der Waals surface area contributed by atoms with Gasteiger partial charge in [0.25, 0.3) is 0 Å². The van der Waals surface area contributed by atoms with E-state index in [-0.39, 0.29) is 29.5 Å². The highest BCUT2D eigenvalue weighted by Crippen LogP contribution is 2.26. The van der Waals surface area contributed by atoms with Crippen LogP contribution in [0, 0.1) is 0 Å². The molecule has 2 aliphatic rings. The van der Waals surface area contributed by atoms with E-state index in [1.807, 2.05) is 0 Å². The molecule has 1 saturated heterocycles. The molecular formula is C16H29N3O4S. The Balaban J connectivity index is 1.93. The maximum absolute atomic E-state index is 12.6. The minimum Gasteiger partial charge on any atom is -0.354 e. The molecule has 0 spiro atoms. The van der Waals surface area contributed by atoms with Gasteiger partial charge in [-0.25, -0.2) is 8.42 Å². The van der Waals surface area contributed by atoms with Crippen molar-refractivity contribution in [3.8, 4) is 0 Å². The second-order valence-corrected chi connectivity index (χ2v) is 9.07. The number of rotatable bonds is 7. The van der Waals surface area contributed by atoms with Gasteiger partial charge in [-0.2, -0.15) is 0 Å². The number of carbonyl (C=O) groups excluding carboxylic acids is 2. The summed E-state index contributed by atoms with van der Waals surface area (Å²) in [5.41, 5.74) is 5.35. The van der Waals surface area contributed by atoms with E-state index >= 15 is 0 Å². The molecule has 0 radical (unpaired) electrons. The van der Waals surface area contributed by atoms with Gasteiger partial charge < -0.3 is 16.0 Å². The number of amides is 2. The molecule has 0 aromatic carbocycles. The molecule has 1 atom stereocenters. The standard InChI is InChI=1S/C16H29N3O4S/c17-9-8-15(20)18-11-13-5-3-4-10-19(13)16(21)12-24(22,23)14-6-1-2-7-14/h13-14H,1-12,17H2,(H,18,20). The van der Waals surface area contributed by atoms with Crippen LogP contribution >= 0.6 is 0 Å². The maximum atomic E-state index is 12.6. The lowest BCUT2D eigenvalue weighted by Crippen LogP contribution is -2.51. The van der Waals surface area contributed by atoms with Gasteiger partial charge in [-0.3, -0.25) is 9.59 Å². The van der Waals surface area contributed by atoms with Crippen LogP contribution < -0.4 is 11.1 Å². The van der Waals surface area contributed by atoms with Crippen molar-refractivity contribution in [1.29, 1.82) is 0 Å². The lowest BCUT2D eigenvalue weighted by Gasteiger charge is -2.36. The largest absolute Gasteiger partial charge is 0.354 e. The van der Waals surface area contributed by atoms with E-state index in [9.17, 15) is 18.0 Å². The zero-order valence-corrected chi connectivity index (χ0v) is 15.0. The molecule has 1 saturated carbocycles. The van der Waals surface area contributed by atoms with Gasteiger partial charge in [0.15, 0.2) is 9.84 Å². The molecule has 1 unspecified atom stereocenters. The highest BCUT2D eigenvalue weighted by Gasteiger charge is 2.34. The van der Waals surface area contributed by atoms with Crippen molar-refractivity contribution in [2.75, 3.05) is 25.4 Å². The van der Waals surface area contributed by atoms with Crippen LogP contribution in [-0.2, 0) is 19.4 Å². The zero-order chi connectivity index (χ0) is 17.6. The molecule has 2 rings (SSSR count). The number of nitrogens with two attached hydrogens (primary N) is 1. The van der Waals surface area contributed by atoms with E-state index in [4.69, 9.17) is 5.73 Å². The zero-order valence-electron chi connectivity index (χ0n) is 14.2. The van der Waals surface area contributed by atoms with Gasteiger partial charge in [0, 0.05) is 32.1 Å². The topological polar surface area (TPSA) is 110 Å². The first-order chi connectivity index (χ1) is 11.4. The van der Waals surface area contributed by atoms with Crippen molar-refractivity contribution in [2.45, 2.75) is 62.7 Å². The molecule has 1 aliphatic heterocycles. The smallest absolute Gasteiger partial charge is 0.238 e. The molecule has 2 amide bonds. The second kappa shape index (κ2) is 8.80. The summed E-state index contributed by atoms with van der Waals surface area (Å²) in [6.45, 7) is 1.23. The Kier molecular flexibility index (Phi) is 7.03. The van der Waals surface area contributed by atoms with Gasteiger partial charge in [0.2, 0.25) is 11.8 Å². The molecule has 1 heterocycles. The number of carbonyl (C=O) groups is 2. The number of sulfone groups is 1. The van der Waals surface area contributed by atoms with Crippen molar-refractivity contribution in [3.05, 3.63) is 0 Å². The summed E-state index contributed by atoms with van der Waals surface area (Å²) in [4.78, 5) is 25.8. The van der Waals surface area contributed by atoms with Gasteiger partial charge in [-0.05, 0) is 32.1 Å². The average molecular weight is 359 g/mol. The minimum atomic E-state index is -3.37. The second-order valence-electron chi connectivity index (χ2n) is 6.79. The number of hydrogen-bond acceptors (Lipinski definition) is 5. The van der Waals surface area contributed by atoms with E-state index in [0.29, 0.717) is 32.5 Å². The highest BCUT2D eigenvalue weighted by molar-refractivity contribution is 7.92.